The van der Waals surface area contributed by atoms with Crippen LogP contribution in [0.25, 0.3) is 0 Å². The van der Waals surface area contributed by atoms with E-state index in [2.05, 4.69) is 5.32 Å². The molecule has 0 saturated heterocycles. The van der Waals surface area contributed by atoms with Gasteiger partial charge in [0.15, 0.2) is 0 Å². The van der Waals surface area contributed by atoms with Crippen LogP contribution in [0.4, 0.5) is 15.8 Å². The number of halogens is 1. The molecule has 5 N–H and O–H groups in total. The Morgan fingerprint density at radius 1 is 1.45 bits per heavy atom. The van der Waals surface area contributed by atoms with Crippen molar-refractivity contribution in [2.24, 2.45) is 0 Å². The van der Waals surface area contributed by atoms with Gasteiger partial charge in [-0.3, -0.25) is 0 Å². The van der Waals surface area contributed by atoms with Gasteiger partial charge in [0, 0.05) is 6.54 Å². The first-order valence-electron chi connectivity index (χ1n) is 5.76. The number of nitrogen functional groups attached to an aromatic ring is 1. The van der Waals surface area contributed by atoms with E-state index in [1.165, 1.54) is 17.4 Å². The Bertz CT molecular complexity index is 616. The topological polar surface area (TPSA) is 95.6 Å². The maximum Gasteiger partial charge on any atom is 0.340 e. The lowest BCUT2D eigenvalue weighted by Crippen LogP contribution is -2.15. The van der Waals surface area contributed by atoms with Crippen LogP contribution in [0.2, 0.25) is 0 Å². The second-order valence-corrected chi connectivity index (χ2v) is 4.92. The molecule has 7 heteroatoms. The Labute approximate surface area is 118 Å². The van der Waals surface area contributed by atoms with Crippen molar-refractivity contribution in [1.82, 2.24) is 0 Å². The van der Waals surface area contributed by atoms with E-state index >= 15 is 0 Å². The van der Waals surface area contributed by atoms with Crippen LogP contribution in [0.15, 0.2) is 29.0 Å². The molecular weight excluding hydrogens is 283 g/mol. The highest BCUT2D eigenvalue weighted by atomic mass is 32.1. The first-order chi connectivity index (χ1) is 9.50. The SMILES string of the molecule is Nc1c(F)ccc(NCC(O)c2ccsc2)c1C(=O)O. The van der Waals surface area contributed by atoms with Gasteiger partial charge in [-0.05, 0) is 34.5 Å². The van der Waals surface area contributed by atoms with Crippen LogP contribution in [-0.2, 0) is 0 Å². The summed E-state index contributed by atoms with van der Waals surface area (Å²) >= 11 is 1.45. The zero-order valence-electron chi connectivity index (χ0n) is 10.3. The van der Waals surface area contributed by atoms with Gasteiger partial charge in [-0.1, -0.05) is 0 Å². The third-order valence-electron chi connectivity index (χ3n) is 2.82. The number of hydrogen-bond acceptors (Lipinski definition) is 5. The minimum Gasteiger partial charge on any atom is -0.478 e. The number of rotatable bonds is 5. The second-order valence-electron chi connectivity index (χ2n) is 4.14. The lowest BCUT2D eigenvalue weighted by atomic mass is 10.1. The van der Waals surface area contributed by atoms with E-state index in [-0.39, 0.29) is 17.8 Å². The monoisotopic (exact) mass is 296 g/mol. The second kappa shape index (κ2) is 5.89. The van der Waals surface area contributed by atoms with E-state index in [0.717, 1.165) is 11.6 Å². The number of aliphatic hydroxyl groups excluding tert-OH is 1. The summed E-state index contributed by atoms with van der Waals surface area (Å²) < 4.78 is 13.3. The molecular formula is C13H13FN2O3S. The molecule has 2 rings (SSSR count). The summed E-state index contributed by atoms with van der Waals surface area (Å²) in [5, 5.41) is 25.4. The summed E-state index contributed by atoms with van der Waals surface area (Å²) in [4.78, 5) is 11.1. The van der Waals surface area contributed by atoms with Crippen molar-refractivity contribution >= 4 is 28.7 Å². The summed E-state index contributed by atoms with van der Waals surface area (Å²) in [7, 11) is 0. The van der Waals surface area contributed by atoms with Crippen molar-refractivity contribution in [3.05, 3.63) is 45.9 Å². The van der Waals surface area contributed by atoms with Gasteiger partial charge < -0.3 is 21.3 Å². The van der Waals surface area contributed by atoms with Crippen molar-refractivity contribution in [1.29, 1.82) is 0 Å². The van der Waals surface area contributed by atoms with E-state index in [0.29, 0.717) is 0 Å². The molecule has 0 aliphatic heterocycles. The summed E-state index contributed by atoms with van der Waals surface area (Å²) in [6.45, 7) is 0.0993. The fraction of sp³-hybridized carbons (Fsp3) is 0.154. The van der Waals surface area contributed by atoms with Gasteiger partial charge in [-0.25, -0.2) is 9.18 Å². The quantitative estimate of drug-likeness (QED) is 0.635. The first kappa shape index (κ1) is 14.3. The average molecular weight is 296 g/mol. The molecule has 1 aromatic carbocycles. The number of carboxylic acids is 1. The molecule has 0 fully saturated rings. The van der Waals surface area contributed by atoms with Gasteiger partial charge in [-0.15, -0.1) is 0 Å². The number of nitrogens with one attached hydrogen (secondary N) is 1. The molecule has 1 unspecified atom stereocenters. The van der Waals surface area contributed by atoms with Crippen LogP contribution < -0.4 is 11.1 Å². The largest absolute Gasteiger partial charge is 0.478 e. The third-order valence-corrected chi connectivity index (χ3v) is 3.52. The standard InChI is InChI=1S/C13H13FN2O3S/c14-8-1-2-9(11(12(8)15)13(18)19)16-5-10(17)7-3-4-20-6-7/h1-4,6,10,16-17H,5,15H2,(H,18,19). The Morgan fingerprint density at radius 2 is 2.20 bits per heavy atom. The number of nitrogens with two attached hydrogens (primary N) is 1. The Balaban J connectivity index is 2.18. The van der Waals surface area contributed by atoms with Crippen LogP contribution in [0.1, 0.15) is 22.0 Å². The zero-order chi connectivity index (χ0) is 14.7. The number of aliphatic hydroxyl groups is 1. The number of anilines is 2. The molecule has 1 aromatic heterocycles. The first-order valence-corrected chi connectivity index (χ1v) is 6.70. The molecule has 1 atom stereocenters. The Morgan fingerprint density at radius 3 is 2.80 bits per heavy atom. The molecule has 0 radical (unpaired) electrons. The number of carbonyl (C=O) groups is 1. The summed E-state index contributed by atoms with van der Waals surface area (Å²) in [5.74, 6) is -2.11. The van der Waals surface area contributed by atoms with Crippen LogP contribution >= 0.6 is 11.3 Å². The van der Waals surface area contributed by atoms with E-state index in [4.69, 9.17) is 10.8 Å². The van der Waals surface area contributed by atoms with Crippen molar-refractivity contribution in [3.8, 4) is 0 Å². The van der Waals surface area contributed by atoms with E-state index in [9.17, 15) is 14.3 Å². The van der Waals surface area contributed by atoms with Gasteiger partial charge in [0.05, 0.1) is 17.5 Å². The van der Waals surface area contributed by atoms with Gasteiger partial charge in [0.25, 0.3) is 0 Å². The van der Waals surface area contributed by atoms with Gasteiger partial charge in [0.2, 0.25) is 0 Å². The van der Waals surface area contributed by atoms with Gasteiger partial charge in [-0.2, -0.15) is 11.3 Å². The number of thiophene rings is 1. The molecule has 2 aromatic rings. The number of benzene rings is 1. The van der Waals surface area contributed by atoms with Gasteiger partial charge in [0.1, 0.15) is 11.4 Å². The summed E-state index contributed by atoms with van der Waals surface area (Å²) in [5.41, 5.74) is 5.58. The molecule has 1 heterocycles. The maximum atomic E-state index is 13.3. The third kappa shape index (κ3) is 2.89. The zero-order valence-corrected chi connectivity index (χ0v) is 11.2. The molecule has 0 amide bonds. The Kier molecular flexibility index (Phi) is 4.21. The molecule has 0 bridgehead atoms. The van der Waals surface area contributed by atoms with Crippen molar-refractivity contribution < 1.29 is 19.4 Å². The maximum absolute atomic E-state index is 13.3. The number of aromatic carboxylic acids is 1. The predicted molar refractivity (Wildman–Crippen MR) is 75.5 cm³/mol. The van der Waals surface area contributed by atoms with E-state index in [1.807, 2.05) is 5.38 Å². The lowest BCUT2D eigenvalue weighted by molar-refractivity contribution is 0.0698. The predicted octanol–water partition coefficient (Wildman–Crippen LogP) is 2.31. The van der Waals surface area contributed by atoms with Crippen LogP contribution in [-0.4, -0.2) is 22.7 Å². The lowest BCUT2D eigenvalue weighted by Gasteiger charge is -2.15. The summed E-state index contributed by atoms with van der Waals surface area (Å²) in [6, 6.07) is 4.14. The van der Waals surface area contributed by atoms with E-state index < -0.39 is 23.6 Å². The van der Waals surface area contributed by atoms with Crippen molar-refractivity contribution in [3.63, 3.8) is 0 Å². The van der Waals surface area contributed by atoms with Gasteiger partial charge >= 0.3 is 5.97 Å². The molecule has 0 saturated carbocycles. The average Bonchev–Trinajstić information content (AvgIpc) is 2.93. The fourth-order valence-electron chi connectivity index (χ4n) is 1.76. The highest BCUT2D eigenvalue weighted by molar-refractivity contribution is 7.07. The van der Waals surface area contributed by atoms with Crippen LogP contribution in [0, 0.1) is 5.82 Å². The molecule has 0 aliphatic carbocycles. The van der Waals surface area contributed by atoms with Crippen molar-refractivity contribution in [2.75, 3.05) is 17.6 Å². The summed E-state index contributed by atoms with van der Waals surface area (Å²) in [6.07, 6.45) is -0.783. The molecule has 5 nitrogen and oxygen atoms in total. The highest BCUT2D eigenvalue weighted by Crippen LogP contribution is 2.26. The fourth-order valence-corrected chi connectivity index (χ4v) is 2.47. The minimum atomic E-state index is -1.32. The molecule has 20 heavy (non-hydrogen) atoms. The van der Waals surface area contributed by atoms with Crippen molar-refractivity contribution in [2.45, 2.75) is 6.10 Å². The van der Waals surface area contributed by atoms with Crippen LogP contribution in [0.3, 0.4) is 0 Å². The molecule has 0 spiro atoms. The van der Waals surface area contributed by atoms with Crippen LogP contribution in [0.5, 0.6) is 0 Å². The molecule has 0 aliphatic rings. The minimum absolute atomic E-state index is 0.0993. The Hall–Kier alpha value is -2.12. The normalized spacial score (nSPS) is 12.1. The smallest absolute Gasteiger partial charge is 0.340 e. The van der Waals surface area contributed by atoms with E-state index in [1.54, 1.807) is 11.4 Å². The molecule has 106 valence electrons. The highest BCUT2D eigenvalue weighted by Gasteiger charge is 2.18. The number of carboxylic acid groups (broad SMARTS) is 1. The number of hydrogen-bond donors (Lipinski definition) is 4.